The van der Waals surface area contributed by atoms with Crippen LogP contribution in [0.4, 0.5) is 0 Å². The van der Waals surface area contributed by atoms with Gasteiger partial charge in [0.1, 0.15) is 11.8 Å². The Labute approximate surface area is 103 Å². The minimum Gasteiger partial charge on any atom is -0.476 e. The van der Waals surface area contributed by atoms with Gasteiger partial charge in [-0.15, -0.1) is 0 Å². The summed E-state index contributed by atoms with van der Waals surface area (Å²) in [7, 11) is 0. The molecule has 1 atom stereocenters. The number of nitrogens with one attached hydrogen (secondary N) is 1. The highest BCUT2D eigenvalue weighted by Crippen LogP contribution is 2.15. The Bertz CT molecular complexity index is 382. The molecule has 3 heteroatoms. The van der Waals surface area contributed by atoms with Crippen molar-refractivity contribution in [3.05, 3.63) is 29.8 Å². The SMILES string of the molecule is CCC(C#N)Oc1cccc(CNC(C)C)c1. The van der Waals surface area contributed by atoms with Gasteiger partial charge in [0.15, 0.2) is 6.10 Å². The second-order valence-corrected chi connectivity index (χ2v) is 4.33. The summed E-state index contributed by atoms with van der Waals surface area (Å²) >= 11 is 0. The van der Waals surface area contributed by atoms with E-state index in [0.717, 1.165) is 12.3 Å². The highest BCUT2D eigenvalue weighted by Gasteiger charge is 2.06. The third-order valence-corrected chi connectivity index (χ3v) is 2.41. The number of rotatable bonds is 6. The van der Waals surface area contributed by atoms with Gasteiger partial charge >= 0.3 is 0 Å². The Kier molecular flexibility index (Phi) is 5.51. The van der Waals surface area contributed by atoms with Gasteiger partial charge < -0.3 is 10.1 Å². The van der Waals surface area contributed by atoms with Crippen LogP contribution in [0.25, 0.3) is 0 Å². The van der Waals surface area contributed by atoms with E-state index in [1.54, 1.807) is 0 Å². The topological polar surface area (TPSA) is 45.0 Å². The third-order valence-electron chi connectivity index (χ3n) is 2.41. The van der Waals surface area contributed by atoms with E-state index >= 15 is 0 Å². The summed E-state index contributed by atoms with van der Waals surface area (Å²) in [5.41, 5.74) is 1.17. The van der Waals surface area contributed by atoms with Crippen LogP contribution in [0.2, 0.25) is 0 Å². The zero-order chi connectivity index (χ0) is 12.7. The van der Waals surface area contributed by atoms with E-state index < -0.39 is 0 Å². The molecular formula is C14H20N2O. The summed E-state index contributed by atoms with van der Waals surface area (Å²) in [6.07, 6.45) is 0.341. The molecule has 0 aliphatic carbocycles. The molecule has 0 aromatic heterocycles. The summed E-state index contributed by atoms with van der Waals surface area (Å²) in [6.45, 7) is 6.99. The van der Waals surface area contributed by atoms with Crippen LogP contribution in [-0.4, -0.2) is 12.1 Å². The fourth-order valence-corrected chi connectivity index (χ4v) is 1.42. The normalized spacial score (nSPS) is 12.2. The molecule has 0 saturated heterocycles. The van der Waals surface area contributed by atoms with Gasteiger partial charge in [0, 0.05) is 12.6 Å². The van der Waals surface area contributed by atoms with Crippen LogP contribution in [0.15, 0.2) is 24.3 Å². The molecule has 0 spiro atoms. The summed E-state index contributed by atoms with van der Waals surface area (Å²) in [5, 5.41) is 12.2. The molecule has 1 aromatic rings. The minimum absolute atomic E-state index is 0.358. The van der Waals surface area contributed by atoms with E-state index in [-0.39, 0.29) is 6.10 Å². The first-order chi connectivity index (χ1) is 8.15. The largest absolute Gasteiger partial charge is 0.476 e. The van der Waals surface area contributed by atoms with Crippen molar-refractivity contribution in [3.63, 3.8) is 0 Å². The Morgan fingerprint density at radius 2 is 2.18 bits per heavy atom. The zero-order valence-corrected chi connectivity index (χ0v) is 10.7. The molecule has 0 radical (unpaired) electrons. The summed E-state index contributed by atoms with van der Waals surface area (Å²) in [6, 6.07) is 10.5. The first-order valence-electron chi connectivity index (χ1n) is 6.04. The molecule has 92 valence electrons. The highest BCUT2D eigenvalue weighted by atomic mass is 16.5. The molecular weight excluding hydrogens is 212 g/mol. The maximum atomic E-state index is 8.85. The van der Waals surface area contributed by atoms with Crippen LogP contribution in [0.3, 0.4) is 0 Å². The molecule has 0 bridgehead atoms. The van der Waals surface area contributed by atoms with E-state index in [4.69, 9.17) is 10.00 Å². The van der Waals surface area contributed by atoms with E-state index in [2.05, 4.69) is 31.3 Å². The van der Waals surface area contributed by atoms with Crippen molar-refractivity contribution in [2.24, 2.45) is 0 Å². The summed E-state index contributed by atoms with van der Waals surface area (Å²) in [5.74, 6) is 0.765. The lowest BCUT2D eigenvalue weighted by Gasteiger charge is -2.12. The molecule has 1 unspecified atom stereocenters. The summed E-state index contributed by atoms with van der Waals surface area (Å²) < 4.78 is 5.57. The van der Waals surface area contributed by atoms with E-state index in [1.807, 2.05) is 25.1 Å². The second kappa shape index (κ2) is 6.93. The van der Waals surface area contributed by atoms with Crippen molar-refractivity contribution < 1.29 is 4.74 Å². The smallest absolute Gasteiger partial charge is 0.184 e. The number of hydrogen-bond acceptors (Lipinski definition) is 3. The molecule has 0 fully saturated rings. The molecule has 0 heterocycles. The molecule has 1 rings (SSSR count). The number of hydrogen-bond donors (Lipinski definition) is 1. The van der Waals surface area contributed by atoms with Gasteiger partial charge in [0.05, 0.1) is 0 Å². The van der Waals surface area contributed by atoms with Crippen molar-refractivity contribution in [2.75, 3.05) is 0 Å². The van der Waals surface area contributed by atoms with E-state index in [0.29, 0.717) is 12.5 Å². The predicted octanol–water partition coefficient (Wildman–Crippen LogP) is 2.87. The molecule has 3 nitrogen and oxygen atoms in total. The van der Waals surface area contributed by atoms with Gasteiger partial charge in [0.2, 0.25) is 0 Å². The number of nitriles is 1. The Balaban J connectivity index is 2.62. The molecule has 0 amide bonds. The van der Waals surface area contributed by atoms with Crippen LogP contribution in [-0.2, 0) is 6.54 Å². The van der Waals surface area contributed by atoms with Gasteiger partial charge in [-0.05, 0) is 24.1 Å². The standard InChI is InChI=1S/C14H20N2O/c1-4-13(9-15)17-14-7-5-6-12(8-14)10-16-11(2)3/h5-8,11,13,16H,4,10H2,1-3H3. The Morgan fingerprint density at radius 1 is 1.41 bits per heavy atom. The first-order valence-corrected chi connectivity index (χ1v) is 6.04. The van der Waals surface area contributed by atoms with Crippen LogP contribution in [0.1, 0.15) is 32.8 Å². The van der Waals surface area contributed by atoms with Gasteiger partial charge in [-0.2, -0.15) is 5.26 Å². The number of nitrogens with zero attached hydrogens (tertiary/aromatic N) is 1. The lowest BCUT2D eigenvalue weighted by molar-refractivity contribution is 0.251. The second-order valence-electron chi connectivity index (χ2n) is 4.33. The van der Waals surface area contributed by atoms with E-state index in [9.17, 15) is 0 Å². The van der Waals surface area contributed by atoms with Crippen molar-refractivity contribution in [1.82, 2.24) is 5.32 Å². The maximum absolute atomic E-state index is 8.85. The minimum atomic E-state index is -0.358. The zero-order valence-electron chi connectivity index (χ0n) is 10.7. The van der Waals surface area contributed by atoms with Crippen LogP contribution in [0, 0.1) is 11.3 Å². The summed E-state index contributed by atoms with van der Waals surface area (Å²) in [4.78, 5) is 0. The average molecular weight is 232 g/mol. The van der Waals surface area contributed by atoms with Crippen LogP contribution in [0.5, 0.6) is 5.75 Å². The fraction of sp³-hybridized carbons (Fsp3) is 0.500. The molecule has 1 N–H and O–H groups in total. The Morgan fingerprint density at radius 3 is 2.76 bits per heavy atom. The van der Waals surface area contributed by atoms with Crippen LogP contribution < -0.4 is 10.1 Å². The monoisotopic (exact) mass is 232 g/mol. The molecule has 0 saturated carbocycles. The van der Waals surface area contributed by atoms with Crippen LogP contribution >= 0.6 is 0 Å². The number of ether oxygens (including phenoxy) is 1. The van der Waals surface area contributed by atoms with Gasteiger partial charge in [-0.3, -0.25) is 0 Å². The fourth-order valence-electron chi connectivity index (χ4n) is 1.42. The maximum Gasteiger partial charge on any atom is 0.184 e. The van der Waals surface area contributed by atoms with Gasteiger partial charge in [0.25, 0.3) is 0 Å². The first kappa shape index (κ1) is 13.5. The third kappa shape index (κ3) is 4.88. The van der Waals surface area contributed by atoms with E-state index in [1.165, 1.54) is 5.56 Å². The molecule has 1 aromatic carbocycles. The molecule has 0 aliphatic heterocycles. The van der Waals surface area contributed by atoms with Crippen molar-refractivity contribution in [1.29, 1.82) is 5.26 Å². The van der Waals surface area contributed by atoms with Crippen molar-refractivity contribution in [2.45, 2.75) is 45.9 Å². The van der Waals surface area contributed by atoms with Crippen molar-refractivity contribution in [3.8, 4) is 11.8 Å². The molecule has 0 aliphatic rings. The lowest BCUT2D eigenvalue weighted by atomic mass is 10.2. The quantitative estimate of drug-likeness (QED) is 0.820. The predicted molar refractivity (Wildman–Crippen MR) is 68.7 cm³/mol. The Hall–Kier alpha value is -1.53. The van der Waals surface area contributed by atoms with Crippen molar-refractivity contribution >= 4 is 0 Å². The number of benzene rings is 1. The lowest BCUT2D eigenvalue weighted by Crippen LogP contribution is -2.21. The highest BCUT2D eigenvalue weighted by molar-refractivity contribution is 5.29. The average Bonchev–Trinajstić information content (AvgIpc) is 2.34. The van der Waals surface area contributed by atoms with Gasteiger partial charge in [-0.1, -0.05) is 32.9 Å². The molecule has 17 heavy (non-hydrogen) atoms. The van der Waals surface area contributed by atoms with Gasteiger partial charge in [-0.25, -0.2) is 0 Å².